The highest BCUT2D eigenvalue weighted by atomic mass is 79.9. The van der Waals surface area contributed by atoms with Crippen molar-refractivity contribution in [3.63, 3.8) is 0 Å². The zero-order valence-corrected chi connectivity index (χ0v) is 13.3. The summed E-state index contributed by atoms with van der Waals surface area (Å²) < 4.78 is 10.0. The number of carbonyl (C=O) groups is 1. The largest absolute Gasteiger partial charge is 0.515 e. The third-order valence-electron chi connectivity index (χ3n) is 2.33. The molecule has 1 aromatic carbocycles. The number of hydrogen-bond donors (Lipinski definition) is 1. The average Bonchev–Trinajstić information content (AvgIpc) is 2.72. The molecule has 5 nitrogen and oxygen atoms in total. The van der Waals surface area contributed by atoms with Gasteiger partial charge in [0.25, 0.3) is 5.88 Å². The quantitative estimate of drug-likeness (QED) is 0.786. The van der Waals surface area contributed by atoms with Gasteiger partial charge in [0.15, 0.2) is 0 Å². The Kier molecular flexibility index (Phi) is 4.91. The van der Waals surface area contributed by atoms with Gasteiger partial charge in [-0.2, -0.15) is 0 Å². The van der Waals surface area contributed by atoms with Gasteiger partial charge in [0.1, 0.15) is 4.47 Å². The SMILES string of the molecule is CCOC(=O)Oc1n[nH]c(-c2c(Cl)cccc2Cl)c1Br. The van der Waals surface area contributed by atoms with Gasteiger partial charge in [-0.05, 0) is 35.0 Å². The number of halogens is 3. The number of nitrogens with one attached hydrogen (secondary N) is 1. The number of aromatic amines is 1. The summed E-state index contributed by atoms with van der Waals surface area (Å²) in [6.07, 6.45) is -0.837. The van der Waals surface area contributed by atoms with Gasteiger partial charge in [-0.3, -0.25) is 5.10 Å². The van der Waals surface area contributed by atoms with Crippen LogP contribution in [0.15, 0.2) is 22.7 Å². The molecule has 106 valence electrons. The van der Waals surface area contributed by atoms with Crippen molar-refractivity contribution in [1.29, 1.82) is 0 Å². The Morgan fingerprint density at radius 1 is 1.40 bits per heavy atom. The predicted molar refractivity (Wildman–Crippen MR) is 79.4 cm³/mol. The number of benzene rings is 1. The fourth-order valence-corrected chi connectivity index (χ4v) is 2.55. The van der Waals surface area contributed by atoms with Crippen LogP contribution in [-0.4, -0.2) is 23.0 Å². The monoisotopic (exact) mass is 378 g/mol. The van der Waals surface area contributed by atoms with E-state index in [-0.39, 0.29) is 12.5 Å². The molecular weight excluding hydrogens is 371 g/mol. The molecule has 8 heteroatoms. The zero-order valence-electron chi connectivity index (χ0n) is 10.2. The van der Waals surface area contributed by atoms with Crippen molar-refractivity contribution in [2.24, 2.45) is 0 Å². The Balaban J connectivity index is 2.36. The van der Waals surface area contributed by atoms with E-state index in [9.17, 15) is 4.79 Å². The summed E-state index contributed by atoms with van der Waals surface area (Å²) in [6.45, 7) is 1.89. The summed E-state index contributed by atoms with van der Waals surface area (Å²) >= 11 is 15.5. The van der Waals surface area contributed by atoms with Crippen LogP contribution in [0.3, 0.4) is 0 Å². The van der Waals surface area contributed by atoms with Crippen LogP contribution in [0.5, 0.6) is 5.88 Å². The lowest BCUT2D eigenvalue weighted by molar-refractivity contribution is 0.102. The molecule has 0 saturated carbocycles. The molecule has 2 rings (SSSR count). The lowest BCUT2D eigenvalue weighted by Gasteiger charge is -2.05. The second kappa shape index (κ2) is 6.47. The summed E-state index contributed by atoms with van der Waals surface area (Å²) in [7, 11) is 0. The van der Waals surface area contributed by atoms with Crippen molar-refractivity contribution >= 4 is 45.3 Å². The lowest BCUT2D eigenvalue weighted by Crippen LogP contribution is -2.10. The molecule has 0 saturated heterocycles. The van der Waals surface area contributed by atoms with Crippen LogP contribution >= 0.6 is 39.1 Å². The maximum absolute atomic E-state index is 11.3. The number of nitrogens with zero attached hydrogens (tertiary/aromatic N) is 1. The Morgan fingerprint density at radius 3 is 2.65 bits per heavy atom. The van der Waals surface area contributed by atoms with E-state index in [0.29, 0.717) is 25.8 Å². The van der Waals surface area contributed by atoms with E-state index in [1.54, 1.807) is 25.1 Å². The maximum atomic E-state index is 11.3. The van der Waals surface area contributed by atoms with Crippen molar-refractivity contribution in [2.45, 2.75) is 6.92 Å². The highest BCUT2D eigenvalue weighted by molar-refractivity contribution is 9.10. The molecule has 0 amide bonds. The van der Waals surface area contributed by atoms with E-state index in [0.717, 1.165) is 0 Å². The molecule has 2 aromatic rings. The van der Waals surface area contributed by atoms with Crippen LogP contribution in [0.1, 0.15) is 6.92 Å². The summed E-state index contributed by atoms with van der Waals surface area (Å²) in [5.74, 6) is 0.0504. The van der Waals surface area contributed by atoms with E-state index >= 15 is 0 Å². The number of H-pyrrole nitrogens is 1. The second-order valence-corrected chi connectivity index (χ2v) is 5.21. The van der Waals surface area contributed by atoms with Crippen LogP contribution in [0.25, 0.3) is 11.3 Å². The molecule has 1 heterocycles. The molecule has 0 fully saturated rings. The summed E-state index contributed by atoms with van der Waals surface area (Å²) in [5.41, 5.74) is 1.08. The van der Waals surface area contributed by atoms with Gasteiger partial charge in [0.2, 0.25) is 0 Å². The third kappa shape index (κ3) is 3.08. The van der Waals surface area contributed by atoms with Crippen LogP contribution < -0.4 is 4.74 Å². The predicted octanol–water partition coefficient (Wildman–Crippen LogP) is 4.68. The van der Waals surface area contributed by atoms with Gasteiger partial charge in [0, 0.05) is 5.56 Å². The Hall–Kier alpha value is -1.24. The minimum Gasteiger partial charge on any atom is -0.434 e. The number of aromatic nitrogens is 2. The first kappa shape index (κ1) is 15.2. The van der Waals surface area contributed by atoms with Crippen molar-refractivity contribution in [3.05, 3.63) is 32.7 Å². The first-order chi connectivity index (χ1) is 9.54. The molecule has 0 spiro atoms. The topological polar surface area (TPSA) is 64.2 Å². The molecule has 1 aromatic heterocycles. The molecule has 0 aliphatic rings. The molecule has 0 bridgehead atoms. The molecule has 0 aliphatic carbocycles. The van der Waals surface area contributed by atoms with E-state index in [4.69, 9.17) is 27.9 Å². The van der Waals surface area contributed by atoms with Crippen molar-refractivity contribution < 1.29 is 14.3 Å². The minimum absolute atomic E-state index is 0.0504. The second-order valence-electron chi connectivity index (χ2n) is 3.60. The first-order valence-electron chi connectivity index (χ1n) is 5.57. The molecular formula is C12H9BrCl2N2O3. The van der Waals surface area contributed by atoms with Crippen LogP contribution in [0, 0.1) is 0 Å². The molecule has 1 N–H and O–H groups in total. The van der Waals surface area contributed by atoms with E-state index in [2.05, 4.69) is 30.9 Å². The maximum Gasteiger partial charge on any atom is 0.515 e. The van der Waals surface area contributed by atoms with Gasteiger partial charge in [-0.15, -0.1) is 5.10 Å². The van der Waals surface area contributed by atoms with Gasteiger partial charge in [-0.25, -0.2) is 4.79 Å². The van der Waals surface area contributed by atoms with Gasteiger partial charge in [0.05, 0.1) is 22.3 Å². The van der Waals surface area contributed by atoms with Crippen LogP contribution in [-0.2, 0) is 4.74 Å². The summed E-state index contributed by atoms with van der Waals surface area (Å²) in [6, 6.07) is 5.12. The van der Waals surface area contributed by atoms with E-state index in [1.807, 2.05) is 0 Å². The van der Waals surface area contributed by atoms with Crippen molar-refractivity contribution in [2.75, 3.05) is 6.61 Å². The molecule has 0 unspecified atom stereocenters. The van der Waals surface area contributed by atoms with Crippen molar-refractivity contribution in [3.8, 4) is 17.1 Å². The van der Waals surface area contributed by atoms with Crippen LogP contribution in [0.2, 0.25) is 10.0 Å². The van der Waals surface area contributed by atoms with Crippen LogP contribution in [0.4, 0.5) is 4.79 Å². The summed E-state index contributed by atoms with van der Waals surface area (Å²) in [4.78, 5) is 11.3. The Bertz CT molecular complexity index is 625. The van der Waals surface area contributed by atoms with Gasteiger partial charge in [-0.1, -0.05) is 29.3 Å². The lowest BCUT2D eigenvalue weighted by atomic mass is 10.1. The number of hydrogen-bond acceptors (Lipinski definition) is 4. The Labute approximate surface area is 133 Å². The average molecular weight is 380 g/mol. The highest BCUT2D eigenvalue weighted by Gasteiger charge is 2.20. The number of rotatable bonds is 3. The zero-order chi connectivity index (χ0) is 14.7. The Morgan fingerprint density at radius 2 is 2.05 bits per heavy atom. The van der Waals surface area contributed by atoms with Gasteiger partial charge < -0.3 is 9.47 Å². The standard InChI is InChI=1S/C12H9BrCl2N2O3/c1-2-19-12(18)20-11-9(13)10(16-17-11)8-6(14)4-3-5-7(8)15/h3-5H,2H2,1H3,(H,16,17). The molecule has 0 atom stereocenters. The highest BCUT2D eigenvalue weighted by Crippen LogP contribution is 2.40. The van der Waals surface area contributed by atoms with E-state index < -0.39 is 6.16 Å². The van der Waals surface area contributed by atoms with E-state index in [1.165, 1.54) is 0 Å². The normalized spacial score (nSPS) is 10.4. The molecule has 0 radical (unpaired) electrons. The third-order valence-corrected chi connectivity index (χ3v) is 3.70. The minimum atomic E-state index is -0.837. The number of ether oxygens (including phenoxy) is 2. The molecule has 20 heavy (non-hydrogen) atoms. The number of carbonyl (C=O) groups excluding carboxylic acids is 1. The van der Waals surface area contributed by atoms with Gasteiger partial charge >= 0.3 is 6.16 Å². The fraction of sp³-hybridized carbons (Fsp3) is 0.167. The molecule has 0 aliphatic heterocycles. The van der Waals surface area contributed by atoms with Crippen molar-refractivity contribution in [1.82, 2.24) is 10.2 Å². The summed E-state index contributed by atoms with van der Waals surface area (Å²) in [5, 5.41) is 7.50. The first-order valence-corrected chi connectivity index (χ1v) is 7.12. The smallest absolute Gasteiger partial charge is 0.434 e. The fourth-order valence-electron chi connectivity index (χ4n) is 1.51.